The smallest absolute Gasteiger partial charge is 0.349 e. The first-order valence-electron chi connectivity index (χ1n) is 6.84. The van der Waals surface area contributed by atoms with Gasteiger partial charge in [-0.25, -0.2) is 4.98 Å². The Balaban J connectivity index is 1.92. The van der Waals surface area contributed by atoms with Gasteiger partial charge in [-0.05, 0) is 19.9 Å². The zero-order valence-electron chi connectivity index (χ0n) is 12.4. The largest absolute Gasteiger partial charge is 0.417 e. The third-order valence-electron chi connectivity index (χ3n) is 3.42. The number of pyridine rings is 1. The van der Waals surface area contributed by atoms with E-state index in [2.05, 4.69) is 21.2 Å². The standard InChI is InChI=1S/C13H16ClF3N4OS/c1-6-11(7(2)21-20-6)19-10(22)5-23-12-9(14)3-8(4-18-12)13(15,16)17/h3-4,6-7,11,20-21H,5H2,1-2H3,(H,19,22). The monoisotopic (exact) mass is 368 g/mol. The van der Waals surface area contributed by atoms with Gasteiger partial charge in [0.1, 0.15) is 5.03 Å². The lowest BCUT2D eigenvalue weighted by molar-refractivity contribution is -0.137. The molecule has 0 radical (unpaired) electrons. The van der Waals surface area contributed by atoms with Gasteiger partial charge >= 0.3 is 6.18 Å². The summed E-state index contributed by atoms with van der Waals surface area (Å²) in [5, 5.41) is 2.94. The van der Waals surface area contributed by atoms with Crippen LogP contribution in [0.15, 0.2) is 17.3 Å². The maximum absolute atomic E-state index is 12.5. The predicted octanol–water partition coefficient (Wildman–Crippen LogP) is 2.22. The quantitative estimate of drug-likeness (QED) is 0.711. The minimum Gasteiger partial charge on any atom is -0.349 e. The van der Waals surface area contributed by atoms with Crippen LogP contribution in [-0.2, 0) is 11.0 Å². The van der Waals surface area contributed by atoms with Crippen LogP contribution in [-0.4, -0.2) is 34.8 Å². The molecular weight excluding hydrogens is 353 g/mol. The number of hydrazine groups is 1. The number of alkyl halides is 3. The molecule has 1 aliphatic rings. The number of nitrogens with one attached hydrogen (secondary N) is 3. The molecule has 0 aliphatic carbocycles. The van der Waals surface area contributed by atoms with E-state index in [0.717, 1.165) is 17.8 Å². The summed E-state index contributed by atoms with van der Waals surface area (Å²) < 4.78 is 37.6. The van der Waals surface area contributed by atoms with E-state index in [1.807, 2.05) is 13.8 Å². The second-order valence-corrected chi connectivity index (χ2v) is 6.63. The maximum atomic E-state index is 12.5. The van der Waals surface area contributed by atoms with Crippen molar-refractivity contribution in [1.29, 1.82) is 0 Å². The molecule has 0 aromatic carbocycles. The number of carbonyl (C=O) groups excluding carboxylic acids is 1. The number of thioether (sulfide) groups is 1. The van der Waals surface area contributed by atoms with Gasteiger partial charge in [-0.15, -0.1) is 0 Å². The first kappa shape index (κ1) is 18.3. The fraction of sp³-hybridized carbons (Fsp3) is 0.538. The Morgan fingerprint density at radius 3 is 2.52 bits per heavy atom. The average molecular weight is 369 g/mol. The van der Waals surface area contributed by atoms with Crippen LogP contribution in [0.25, 0.3) is 0 Å². The van der Waals surface area contributed by atoms with Crippen LogP contribution in [0.5, 0.6) is 0 Å². The second kappa shape index (κ2) is 7.25. The van der Waals surface area contributed by atoms with E-state index in [1.165, 1.54) is 0 Å². The Bertz CT molecular complexity index is 577. The minimum atomic E-state index is -4.49. The number of carbonyl (C=O) groups is 1. The Morgan fingerprint density at radius 2 is 2.00 bits per heavy atom. The fourth-order valence-corrected chi connectivity index (χ4v) is 3.18. The molecule has 1 fully saturated rings. The highest BCUT2D eigenvalue weighted by molar-refractivity contribution is 8.00. The van der Waals surface area contributed by atoms with Crippen molar-refractivity contribution in [2.75, 3.05) is 5.75 Å². The molecule has 2 rings (SSSR count). The number of hydrogen-bond acceptors (Lipinski definition) is 5. The summed E-state index contributed by atoms with van der Waals surface area (Å²) in [6.07, 6.45) is -3.78. The highest BCUT2D eigenvalue weighted by atomic mass is 35.5. The molecule has 0 spiro atoms. The van der Waals surface area contributed by atoms with Gasteiger partial charge in [0.15, 0.2) is 0 Å². The van der Waals surface area contributed by atoms with Crippen molar-refractivity contribution >= 4 is 29.3 Å². The lowest BCUT2D eigenvalue weighted by Crippen LogP contribution is -2.47. The van der Waals surface area contributed by atoms with Crippen molar-refractivity contribution in [1.82, 2.24) is 21.2 Å². The normalized spacial score (nSPS) is 24.7. The summed E-state index contributed by atoms with van der Waals surface area (Å²) in [6.45, 7) is 3.87. The first-order chi connectivity index (χ1) is 10.7. The molecular formula is C13H16ClF3N4OS. The number of rotatable bonds is 4. The Morgan fingerprint density at radius 1 is 1.39 bits per heavy atom. The van der Waals surface area contributed by atoms with Gasteiger partial charge in [0.2, 0.25) is 5.91 Å². The van der Waals surface area contributed by atoms with Crippen molar-refractivity contribution in [2.24, 2.45) is 0 Å². The average Bonchev–Trinajstić information content (AvgIpc) is 2.77. The molecule has 10 heteroatoms. The zero-order valence-corrected chi connectivity index (χ0v) is 13.9. The molecule has 1 saturated heterocycles. The molecule has 0 saturated carbocycles. The van der Waals surface area contributed by atoms with E-state index in [1.54, 1.807) is 0 Å². The van der Waals surface area contributed by atoms with Crippen LogP contribution in [0, 0.1) is 0 Å². The van der Waals surface area contributed by atoms with Crippen LogP contribution in [0.2, 0.25) is 5.02 Å². The fourth-order valence-electron chi connectivity index (χ4n) is 2.17. The lowest BCUT2D eigenvalue weighted by atomic mass is 10.1. The number of aromatic nitrogens is 1. The van der Waals surface area contributed by atoms with Crippen LogP contribution in [0.3, 0.4) is 0 Å². The van der Waals surface area contributed by atoms with E-state index < -0.39 is 11.7 Å². The highest BCUT2D eigenvalue weighted by Gasteiger charge is 2.32. The molecule has 1 aliphatic heterocycles. The van der Waals surface area contributed by atoms with Gasteiger partial charge < -0.3 is 5.32 Å². The van der Waals surface area contributed by atoms with E-state index in [0.29, 0.717) is 6.20 Å². The van der Waals surface area contributed by atoms with Gasteiger partial charge in [0.05, 0.1) is 22.4 Å². The molecule has 2 atom stereocenters. The second-order valence-electron chi connectivity index (χ2n) is 5.26. The topological polar surface area (TPSA) is 66.0 Å². The summed E-state index contributed by atoms with van der Waals surface area (Å²) in [6, 6.07) is 0.890. The number of amides is 1. The summed E-state index contributed by atoms with van der Waals surface area (Å²) >= 11 is 6.80. The number of nitrogens with zero attached hydrogens (tertiary/aromatic N) is 1. The van der Waals surface area contributed by atoms with Crippen molar-refractivity contribution < 1.29 is 18.0 Å². The summed E-state index contributed by atoms with van der Waals surface area (Å²) in [7, 11) is 0. The van der Waals surface area contributed by atoms with E-state index in [-0.39, 0.29) is 39.8 Å². The third kappa shape index (κ3) is 4.72. The molecule has 1 aromatic heterocycles. The SMILES string of the molecule is CC1NNC(C)C1NC(=O)CSc1ncc(C(F)(F)F)cc1Cl. The van der Waals surface area contributed by atoms with Crippen LogP contribution < -0.4 is 16.2 Å². The van der Waals surface area contributed by atoms with E-state index >= 15 is 0 Å². The zero-order chi connectivity index (χ0) is 17.2. The molecule has 1 aromatic rings. The van der Waals surface area contributed by atoms with Crippen LogP contribution in [0.4, 0.5) is 13.2 Å². The number of hydrogen-bond donors (Lipinski definition) is 3. The van der Waals surface area contributed by atoms with Crippen LogP contribution >= 0.6 is 23.4 Å². The van der Waals surface area contributed by atoms with Crippen molar-refractivity contribution in [3.05, 3.63) is 22.8 Å². The van der Waals surface area contributed by atoms with Gasteiger partial charge in [-0.3, -0.25) is 15.6 Å². The van der Waals surface area contributed by atoms with E-state index in [9.17, 15) is 18.0 Å². The Hall–Kier alpha value is -1.03. The predicted molar refractivity (Wildman–Crippen MR) is 82.1 cm³/mol. The van der Waals surface area contributed by atoms with Crippen molar-refractivity contribution in [3.8, 4) is 0 Å². The van der Waals surface area contributed by atoms with Crippen molar-refractivity contribution in [3.63, 3.8) is 0 Å². The molecule has 2 heterocycles. The molecule has 0 bridgehead atoms. The minimum absolute atomic E-state index is 0.0218. The first-order valence-corrected chi connectivity index (χ1v) is 8.21. The van der Waals surface area contributed by atoms with Crippen LogP contribution in [0.1, 0.15) is 19.4 Å². The summed E-state index contributed by atoms with van der Waals surface area (Å²) in [5.74, 6) is -0.212. The summed E-state index contributed by atoms with van der Waals surface area (Å²) in [5.41, 5.74) is 5.12. The molecule has 128 valence electrons. The maximum Gasteiger partial charge on any atom is 0.417 e. The Kier molecular flexibility index (Phi) is 5.77. The van der Waals surface area contributed by atoms with Gasteiger partial charge in [-0.2, -0.15) is 13.2 Å². The lowest BCUT2D eigenvalue weighted by Gasteiger charge is -2.19. The third-order valence-corrected chi connectivity index (χ3v) is 4.82. The Labute approximate surface area is 140 Å². The molecule has 23 heavy (non-hydrogen) atoms. The molecule has 2 unspecified atom stereocenters. The van der Waals surface area contributed by atoms with Crippen molar-refractivity contribution in [2.45, 2.75) is 43.2 Å². The highest BCUT2D eigenvalue weighted by Crippen LogP contribution is 2.33. The molecule has 3 N–H and O–H groups in total. The molecule has 1 amide bonds. The number of halogens is 4. The van der Waals surface area contributed by atoms with Gasteiger partial charge in [0, 0.05) is 18.3 Å². The van der Waals surface area contributed by atoms with E-state index in [4.69, 9.17) is 11.6 Å². The van der Waals surface area contributed by atoms with Gasteiger partial charge in [0.25, 0.3) is 0 Å². The molecule has 5 nitrogen and oxygen atoms in total. The summed E-state index contributed by atoms with van der Waals surface area (Å²) in [4.78, 5) is 15.6. The van der Waals surface area contributed by atoms with Gasteiger partial charge in [-0.1, -0.05) is 23.4 Å².